The first-order chi connectivity index (χ1) is 17.3. The zero-order chi connectivity index (χ0) is 27.1. The van der Waals surface area contributed by atoms with Crippen LogP contribution in [0.2, 0.25) is 0 Å². The third kappa shape index (κ3) is 5.52. The van der Waals surface area contributed by atoms with Gasteiger partial charge in [0.1, 0.15) is 13.2 Å². The molecule has 1 aromatic heterocycles. The maximum absolute atomic E-state index is 13.8. The van der Waals surface area contributed by atoms with Crippen molar-refractivity contribution in [1.82, 2.24) is 4.98 Å². The van der Waals surface area contributed by atoms with Gasteiger partial charge in [0.15, 0.2) is 28.3 Å². The van der Waals surface area contributed by atoms with Crippen molar-refractivity contribution < 1.29 is 37.4 Å². The van der Waals surface area contributed by atoms with Crippen molar-refractivity contribution in [3.8, 4) is 11.5 Å². The van der Waals surface area contributed by atoms with Crippen molar-refractivity contribution >= 4 is 38.6 Å². The second-order valence-corrected chi connectivity index (χ2v) is 11.4. The van der Waals surface area contributed by atoms with E-state index in [4.69, 9.17) is 9.47 Å². The molecule has 0 fully saturated rings. The lowest BCUT2D eigenvalue weighted by atomic mass is 9.80. The highest BCUT2D eigenvalue weighted by Crippen LogP contribution is 2.44. The molecule has 0 N–H and O–H groups in total. The van der Waals surface area contributed by atoms with Gasteiger partial charge in [-0.1, -0.05) is 11.3 Å². The molecule has 0 radical (unpaired) electrons. The van der Waals surface area contributed by atoms with Gasteiger partial charge in [-0.05, 0) is 36.1 Å². The number of rotatable bonds is 9. The number of amides is 1. The van der Waals surface area contributed by atoms with Gasteiger partial charge in [-0.25, -0.2) is 13.8 Å². The Balaban J connectivity index is 1.63. The average molecular weight is 534 g/mol. The number of thiazole rings is 1. The number of nitrogens with zero attached hydrogens (tertiary/aromatic N) is 3. The molecule has 11 heteroatoms. The zero-order valence-corrected chi connectivity index (χ0v) is 22.2. The fraction of sp³-hybridized carbons (Fsp3) is 0.423. The average Bonchev–Trinajstić information content (AvgIpc) is 3.37. The molecule has 0 unspecified atom stereocenters. The predicted molar refractivity (Wildman–Crippen MR) is 134 cm³/mol. The summed E-state index contributed by atoms with van der Waals surface area (Å²) in [5.74, 6) is -2.95. The van der Waals surface area contributed by atoms with Crippen molar-refractivity contribution in [3.05, 3.63) is 47.0 Å². The van der Waals surface area contributed by atoms with Crippen molar-refractivity contribution in [2.24, 2.45) is 5.41 Å². The summed E-state index contributed by atoms with van der Waals surface area (Å²) in [7, 11) is 9.24. The number of methoxy groups -OCH3 is 1. The van der Waals surface area contributed by atoms with Crippen LogP contribution in [0.25, 0.3) is 10.2 Å². The predicted octanol–water partition coefficient (Wildman–Crippen LogP) is 2.56. The van der Waals surface area contributed by atoms with E-state index in [1.54, 1.807) is 19.2 Å². The lowest BCUT2D eigenvalue weighted by Gasteiger charge is -2.31. The van der Waals surface area contributed by atoms with Crippen LogP contribution in [0.3, 0.4) is 0 Å². The number of carbonyl (C=O) groups is 2. The van der Waals surface area contributed by atoms with E-state index in [9.17, 15) is 23.5 Å². The third-order valence-corrected chi connectivity index (χ3v) is 7.61. The number of likely N-dealkylation sites (N-methyl/N-ethyl adjacent to an activating group) is 1. The van der Waals surface area contributed by atoms with Crippen LogP contribution >= 0.6 is 11.3 Å². The molecule has 1 aliphatic carbocycles. The van der Waals surface area contributed by atoms with Gasteiger partial charge < -0.3 is 23.9 Å². The molecule has 0 saturated heterocycles. The topological polar surface area (TPSA) is 91.8 Å². The molecule has 1 heterocycles. The highest BCUT2D eigenvalue weighted by molar-refractivity contribution is 7.22. The molecular formula is C26H29F2N3O5S. The minimum Gasteiger partial charge on any atom is -0.550 e. The van der Waals surface area contributed by atoms with E-state index in [0.29, 0.717) is 39.9 Å². The Morgan fingerprint density at radius 3 is 2.27 bits per heavy atom. The van der Waals surface area contributed by atoms with Crippen molar-refractivity contribution in [3.63, 3.8) is 0 Å². The number of ether oxygens (including phenoxy) is 2. The smallest absolute Gasteiger partial charge is 0.235 e. The first-order valence-corrected chi connectivity index (χ1v) is 12.5. The van der Waals surface area contributed by atoms with Crippen LogP contribution in [-0.4, -0.2) is 69.8 Å². The van der Waals surface area contributed by atoms with Crippen molar-refractivity contribution in [1.29, 1.82) is 0 Å². The third-order valence-electron chi connectivity index (χ3n) is 6.51. The van der Waals surface area contributed by atoms with Gasteiger partial charge in [0.2, 0.25) is 5.91 Å². The van der Waals surface area contributed by atoms with Crippen LogP contribution in [0.4, 0.5) is 13.9 Å². The van der Waals surface area contributed by atoms with Crippen LogP contribution in [0, 0.1) is 17.0 Å². The number of halogens is 2. The summed E-state index contributed by atoms with van der Waals surface area (Å²) in [6.07, 6.45) is -0.670. The van der Waals surface area contributed by atoms with E-state index < -0.39 is 35.3 Å². The number of fused-ring (bicyclic) bond motifs is 2. The number of aromatic nitrogens is 1. The normalized spacial score (nSPS) is 14.5. The molecule has 0 spiro atoms. The molecular weight excluding hydrogens is 504 g/mol. The monoisotopic (exact) mass is 533 g/mol. The van der Waals surface area contributed by atoms with Crippen LogP contribution in [0.15, 0.2) is 24.3 Å². The van der Waals surface area contributed by atoms with E-state index in [1.807, 2.05) is 0 Å². The quantitative estimate of drug-likeness (QED) is 0.393. The van der Waals surface area contributed by atoms with Crippen LogP contribution in [0.1, 0.15) is 17.5 Å². The first kappa shape index (κ1) is 26.7. The van der Waals surface area contributed by atoms with Gasteiger partial charge in [-0.3, -0.25) is 9.69 Å². The summed E-state index contributed by atoms with van der Waals surface area (Å²) < 4.78 is 40.6. The van der Waals surface area contributed by atoms with Gasteiger partial charge in [0.25, 0.3) is 0 Å². The van der Waals surface area contributed by atoms with E-state index >= 15 is 0 Å². The van der Waals surface area contributed by atoms with Gasteiger partial charge in [0, 0.05) is 31.6 Å². The molecule has 0 atom stereocenters. The molecule has 8 nitrogen and oxygen atoms in total. The van der Waals surface area contributed by atoms with E-state index in [0.717, 1.165) is 27.9 Å². The van der Waals surface area contributed by atoms with Gasteiger partial charge >= 0.3 is 0 Å². The minimum absolute atomic E-state index is 0.0420. The molecule has 4 rings (SSSR count). The fourth-order valence-electron chi connectivity index (χ4n) is 4.59. The summed E-state index contributed by atoms with van der Waals surface area (Å²) >= 11 is 1.24. The van der Waals surface area contributed by atoms with E-state index in [1.165, 1.54) is 23.3 Å². The Morgan fingerprint density at radius 2 is 1.73 bits per heavy atom. The number of quaternary nitrogens is 1. The second kappa shape index (κ2) is 9.86. The van der Waals surface area contributed by atoms with Gasteiger partial charge in [-0.15, -0.1) is 0 Å². The Morgan fingerprint density at radius 1 is 1.11 bits per heavy atom. The number of carboxylic acids is 1. The number of aliphatic carboxylic acids is 1. The second-order valence-electron chi connectivity index (χ2n) is 10.4. The van der Waals surface area contributed by atoms with E-state index in [-0.39, 0.29) is 12.8 Å². The van der Waals surface area contributed by atoms with Crippen LogP contribution in [-0.2, 0) is 22.4 Å². The minimum atomic E-state index is -1.44. The lowest BCUT2D eigenvalue weighted by molar-refractivity contribution is -0.870. The summed E-state index contributed by atoms with van der Waals surface area (Å²) in [4.78, 5) is 31.2. The number of hydrogen-bond donors (Lipinski definition) is 0. The summed E-state index contributed by atoms with van der Waals surface area (Å²) in [5, 5.41) is 12.0. The Bertz CT molecular complexity index is 1340. The number of benzene rings is 2. The van der Waals surface area contributed by atoms with Crippen LogP contribution < -0.4 is 19.5 Å². The molecule has 3 aromatic rings. The van der Waals surface area contributed by atoms with E-state index in [2.05, 4.69) is 26.1 Å². The Labute approximate surface area is 217 Å². The zero-order valence-electron chi connectivity index (χ0n) is 21.4. The Kier molecular flexibility index (Phi) is 7.13. The van der Waals surface area contributed by atoms with Gasteiger partial charge in [0.05, 0.1) is 43.9 Å². The Hall–Kier alpha value is -3.31. The summed E-state index contributed by atoms with van der Waals surface area (Å²) in [5.41, 5.74) is -0.0303. The van der Waals surface area contributed by atoms with Crippen LogP contribution in [0.5, 0.6) is 11.5 Å². The highest BCUT2D eigenvalue weighted by Gasteiger charge is 2.46. The lowest BCUT2D eigenvalue weighted by Crippen LogP contribution is -2.46. The number of anilines is 1. The molecule has 2 aromatic carbocycles. The molecule has 198 valence electrons. The summed E-state index contributed by atoms with van der Waals surface area (Å²) in [6, 6.07) is 5.58. The summed E-state index contributed by atoms with van der Waals surface area (Å²) in [6.45, 7) is 1.24. The van der Waals surface area contributed by atoms with Gasteiger partial charge in [-0.2, -0.15) is 0 Å². The van der Waals surface area contributed by atoms with Crippen molar-refractivity contribution in [2.45, 2.75) is 19.3 Å². The molecule has 0 saturated carbocycles. The van der Waals surface area contributed by atoms with Crippen molar-refractivity contribution in [2.75, 3.05) is 53.4 Å². The maximum atomic E-state index is 13.8. The highest BCUT2D eigenvalue weighted by atomic mass is 32.1. The largest absolute Gasteiger partial charge is 0.550 e. The fourth-order valence-corrected chi connectivity index (χ4v) is 5.53. The number of carboxylic acid groups (broad SMARTS) is 1. The SMILES string of the molecule is COc1cc2sc(N(C)C(=O)C3(CC(=O)[O-])Cc4cc(F)c(F)cc4C3)nc2cc1OCC[N+](C)(C)C. The molecule has 37 heavy (non-hydrogen) atoms. The molecule has 0 aliphatic heterocycles. The molecule has 0 bridgehead atoms. The maximum Gasteiger partial charge on any atom is 0.235 e. The standard InChI is InChI=1S/C26H29F2N3O5S/c1-30(24(34)26(14-23(32)33)12-15-8-17(27)18(28)9-16(15)13-26)25-29-19-10-21(36-7-6-31(2,3)4)20(35-5)11-22(19)37-25/h8-11H,6-7,12-14H2,1-5H3. The first-order valence-electron chi connectivity index (χ1n) is 11.7. The number of carbonyl (C=O) groups excluding carboxylic acids is 2. The molecule has 1 aliphatic rings. The molecule has 1 amide bonds. The number of hydrogen-bond acceptors (Lipinski definition) is 7.